The van der Waals surface area contributed by atoms with Crippen LogP contribution in [-0.2, 0) is 6.54 Å². The Labute approximate surface area is 111 Å². The van der Waals surface area contributed by atoms with Crippen LogP contribution in [0.4, 0.5) is 0 Å². The number of rotatable bonds is 7. The summed E-state index contributed by atoms with van der Waals surface area (Å²) in [7, 11) is 1.58. The number of benzene rings is 1. The summed E-state index contributed by atoms with van der Waals surface area (Å²) < 4.78 is 12.8. The fourth-order valence-corrected chi connectivity index (χ4v) is 1.73. The van der Waals surface area contributed by atoms with E-state index < -0.39 is 0 Å². The minimum atomic E-state index is 0.552. The topological polar surface area (TPSA) is 53.4 Å². The number of hydrogen-bond acceptors (Lipinski definition) is 4. The first kappa shape index (κ1) is 13.1. The van der Waals surface area contributed by atoms with Gasteiger partial charge in [-0.1, -0.05) is 0 Å². The monoisotopic (exact) mass is 260 g/mol. The zero-order chi connectivity index (χ0) is 13.5. The van der Waals surface area contributed by atoms with Crippen LogP contribution in [0.5, 0.6) is 11.5 Å². The van der Waals surface area contributed by atoms with Gasteiger partial charge in [0.2, 0.25) is 0 Å². The van der Waals surface area contributed by atoms with Gasteiger partial charge in [-0.25, -0.2) is 4.98 Å². The second-order valence-electron chi connectivity index (χ2n) is 4.03. The average Bonchev–Trinajstić information content (AvgIpc) is 2.96. The summed E-state index contributed by atoms with van der Waals surface area (Å²) in [6.07, 6.45) is 7.07. The van der Waals surface area contributed by atoms with E-state index in [1.165, 1.54) is 0 Å². The van der Waals surface area contributed by atoms with E-state index in [2.05, 4.69) is 4.98 Å². The Hall–Kier alpha value is -2.30. The molecule has 1 aromatic heterocycles. The quantitative estimate of drug-likeness (QED) is 0.565. The van der Waals surface area contributed by atoms with Crippen molar-refractivity contribution in [2.75, 3.05) is 13.7 Å². The van der Waals surface area contributed by atoms with Crippen molar-refractivity contribution >= 4 is 6.29 Å². The molecule has 100 valence electrons. The van der Waals surface area contributed by atoms with Gasteiger partial charge < -0.3 is 14.0 Å². The summed E-state index contributed by atoms with van der Waals surface area (Å²) in [5.41, 5.74) is 0.574. The molecule has 5 nitrogen and oxygen atoms in total. The highest BCUT2D eigenvalue weighted by Crippen LogP contribution is 2.27. The van der Waals surface area contributed by atoms with Crippen LogP contribution in [0.15, 0.2) is 36.9 Å². The first-order valence-corrected chi connectivity index (χ1v) is 6.05. The molecule has 1 heterocycles. The maximum Gasteiger partial charge on any atom is 0.161 e. The first-order valence-electron chi connectivity index (χ1n) is 6.05. The third-order valence-corrected chi connectivity index (χ3v) is 2.70. The molecule has 0 aliphatic rings. The fraction of sp³-hybridized carbons (Fsp3) is 0.286. The van der Waals surface area contributed by atoms with E-state index in [-0.39, 0.29) is 0 Å². The summed E-state index contributed by atoms with van der Waals surface area (Å²) in [6.45, 7) is 1.40. The van der Waals surface area contributed by atoms with Crippen molar-refractivity contribution in [1.82, 2.24) is 9.55 Å². The smallest absolute Gasteiger partial charge is 0.161 e. The summed E-state index contributed by atoms with van der Waals surface area (Å²) in [4.78, 5) is 14.7. The Balaban J connectivity index is 1.89. The van der Waals surface area contributed by atoms with E-state index in [4.69, 9.17) is 9.47 Å². The van der Waals surface area contributed by atoms with Crippen molar-refractivity contribution in [2.45, 2.75) is 13.0 Å². The molecule has 0 saturated carbocycles. The molecule has 0 amide bonds. The lowest BCUT2D eigenvalue weighted by atomic mass is 10.2. The summed E-state index contributed by atoms with van der Waals surface area (Å²) in [6, 6.07) is 5.11. The molecule has 0 bridgehead atoms. The second kappa shape index (κ2) is 6.58. The Morgan fingerprint density at radius 1 is 1.37 bits per heavy atom. The number of imidazole rings is 1. The van der Waals surface area contributed by atoms with Gasteiger partial charge in [-0.05, 0) is 24.6 Å². The molecule has 2 aromatic rings. The zero-order valence-corrected chi connectivity index (χ0v) is 10.8. The van der Waals surface area contributed by atoms with E-state index in [0.717, 1.165) is 19.3 Å². The number of aryl methyl sites for hydroxylation is 1. The fourth-order valence-electron chi connectivity index (χ4n) is 1.73. The lowest BCUT2D eigenvalue weighted by Gasteiger charge is -2.11. The Bertz CT molecular complexity index is 523. The molecular weight excluding hydrogens is 244 g/mol. The second-order valence-corrected chi connectivity index (χ2v) is 4.03. The van der Waals surface area contributed by atoms with Crippen LogP contribution < -0.4 is 9.47 Å². The van der Waals surface area contributed by atoms with E-state index in [0.29, 0.717) is 23.7 Å². The molecular formula is C14H16N2O3. The molecule has 0 fully saturated rings. The summed E-state index contributed by atoms with van der Waals surface area (Å²) >= 11 is 0. The molecule has 19 heavy (non-hydrogen) atoms. The van der Waals surface area contributed by atoms with Gasteiger partial charge in [-0.2, -0.15) is 0 Å². The molecule has 1 aromatic carbocycles. The van der Waals surface area contributed by atoms with Crippen LogP contribution in [0.25, 0.3) is 0 Å². The average molecular weight is 260 g/mol. The molecule has 0 atom stereocenters. The third kappa shape index (κ3) is 3.58. The molecule has 0 aliphatic heterocycles. The number of carbonyl (C=O) groups excluding carboxylic acids is 1. The third-order valence-electron chi connectivity index (χ3n) is 2.70. The zero-order valence-electron chi connectivity index (χ0n) is 10.8. The Morgan fingerprint density at radius 3 is 2.95 bits per heavy atom. The number of hydrogen-bond donors (Lipinski definition) is 0. The molecule has 0 spiro atoms. The van der Waals surface area contributed by atoms with Gasteiger partial charge in [0.1, 0.15) is 6.29 Å². The number of nitrogens with zero attached hydrogens (tertiary/aromatic N) is 2. The van der Waals surface area contributed by atoms with Crippen molar-refractivity contribution < 1.29 is 14.3 Å². The lowest BCUT2D eigenvalue weighted by Crippen LogP contribution is -2.04. The van der Waals surface area contributed by atoms with Gasteiger partial charge in [-0.3, -0.25) is 4.79 Å². The maximum absolute atomic E-state index is 10.7. The predicted octanol–water partition coefficient (Wildman–Crippen LogP) is 2.17. The maximum atomic E-state index is 10.7. The minimum absolute atomic E-state index is 0.552. The van der Waals surface area contributed by atoms with Crippen LogP contribution in [0, 0.1) is 0 Å². The molecule has 2 rings (SSSR count). The highest BCUT2D eigenvalue weighted by Gasteiger charge is 2.05. The molecule has 0 aliphatic carbocycles. The number of aldehydes is 1. The van der Waals surface area contributed by atoms with Gasteiger partial charge in [0.05, 0.1) is 20.0 Å². The van der Waals surface area contributed by atoms with Crippen LogP contribution in [-0.4, -0.2) is 29.6 Å². The molecule has 5 heteroatoms. The molecule has 0 unspecified atom stereocenters. The largest absolute Gasteiger partial charge is 0.493 e. The van der Waals surface area contributed by atoms with E-state index in [1.54, 1.807) is 37.8 Å². The van der Waals surface area contributed by atoms with Crippen molar-refractivity contribution in [2.24, 2.45) is 0 Å². The van der Waals surface area contributed by atoms with E-state index >= 15 is 0 Å². The molecule has 0 N–H and O–H groups in total. The van der Waals surface area contributed by atoms with Crippen LogP contribution >= 0.6 is 0 Å². The van der Waals surface area contributed by atoms with Crippen molar-refractivity contribution in [3.8, 4) is 11.5 Å². The first-order chi connectivity index (χ1) is 9.33. The molecule has 0 saturated heterocycles. The Morgan fingerprint density at radius 2 is 2.26 bits per heavy atom. The highest BCUT2D eigenvalue weighted by atomic mass is 16.5. The predicted molar refractivity (Wildman–Crippen MR) is 70.7 cm³/mol. The van der Waals surface area contributed by atoms with E-state index in [9.17, 15) is 4.79 Å². The van der Waals surface area contributed by atoms with Crippen molar-refractivity contribution in [3.63, 3.8) is 0 Å². The normalized spacial score (nSPS) is 10.2. The van der Waals surface area contributed by atoms with Gasteiger partial charge in [0.15, 0.2) is 11.5 Å². The number of carbonyl (C=O) groups is 1. The molecule has 0 radical (unpaired) electrons. The van der Waals surface area contributed by atoms with Crippen molar-refractivity contribution in [1.29, 1.82) is 0 Å². The van der Waals surface area contributed by atoms with Crippen LogP contribution in [0.2, 0.25) is 0 Å². The van der Waals surface area contributed by atoms with Gasteiger partial charge in [-0.15, -0.1) is 0 Å². The SMILES string of the molecule is COc1ccc(C=O)cc1OCCCn1ccnc1. The minimum Gasteiger partial charge on any atom is -0.493 e. The number of methoxy groups -OCH3 is 1. The number of aromatic nitrogens is 2. The van der Waals surface area contributed by atoms with Crippen LogP contribution in [0.1, 0.15) is 16.8 Å². The van der Waals surface area contributed by atoms with Gasteiger partial charge in [0, 0.05) is 24.5 Å². The standard InChI is InChI=1S/C14H16N2O3/c1-18-13-4-3-12(10-17)9-14(13)19-8-2-6-16-7-5-15-11-16/h3-5,7,9-11H,2,6,8H2,1H3. The van der Waals surface area contributed by atoms with Crippen molar-refractivity contribution in [3.05, 3.63) is 42.5 Å². The van der Waals surface area contributed by atoms with Crippen LogP contribution in [0.3, 0.4) is 0 Å². The van der Waals surface area contributed by atoms with E-state index in [1.807, 2.05) is 10.8 Å². The highest BCUT2D eigenvalue weighted by molar-refractivity contribution is 5.76. The summed E-state index contributed by atoms with van der Waals surface area (Å²) in [5, 5.41) is 0. The van der Waals surface area contributed by atoms with Gasteiger partial charge in [0.25, 0.3) is 0 Å². The lowest BCUT2D eigenvalue weighted by molar-refractivity contribution is 0.112. The van der Waals surface area contributed by atoms with Gasteiger partial charge >= 0.3 is 0 Å². The number of ether oxygens (including phenoxy) is 2. The Kier molecular flexibility index (Phi) is 4.55. The summed E-state index contributed by atoms with van der Waals surface area (Å²) in [5.74, 6) is 1.23.